The van der Waals surface area contributed by atoms with Gasteiger partial charge in [0.1, 0.15) is 17.1 Å². The predicted octanol–water partition coefficient (Wildman–Crippen LogP) is 3.36. The Morgan fingerprint density at radius 3 is 2.41 bits per heavy atom. The number of rotatable bonds is 4. The molecular formula is C20H23ClN2O4. The van der Waals surface area contributed by atoms with Crippen molar-refractivity contribution in [1.82, 2.24) is 4.90 Å². The van der Waals surface area contributed by atoms with E-state index in [1.165, 1.54) is 0 Å². The van der Waals surface area contributed by atoms with Crippen LogP contribution >= 0.6 is 11.6 Å². The maximum atomic E-state index is 12.4. The Hall–Kier alpha value is -2.47. The zero-order valence-corrected chi connectivity index (χ0v) is 16.5. The molecule has 0 spiro atoms. The summed E-state index contributed by atoms with van der Waals surface area (Å²) in [7, 11) is 0. The molecule has 3 rings (SSSR count). The molecule has 0 aliphatic carbocycles. The lowest BCUT2D eigenvalue weighted by atomic mass is 10.1. The third-order valence-corrected chi connectivity index (χ3v) is 5.13. The molecule has 1 fully saturated rings. The van der Waals surface area contributed by atoms with Crippen molar-refractivity contribution >= 4 is 29.2 Å². The van der Waals surface area contributed by atoms with Gasteiger partial charge in [-0.05, 0) is 39.0 Å². The molecule has 0 atom stereocenters. The number of furan rings is 1. The highest BCUT2D eigenvalue weighted by Crippen LogP contribution is 2.22. The van der Waals surface area contributed by atoms with E-state index in [2.05, 4.69) is 4.90 Å². The highest BCUT2D eigenvalue weighted by molar-refractivity contribution is 6.30. The highest BCUT2D eigenvalue weighted by Gasteiger charge is 2.24. The van der Waals surface area contributed by atoms with Crippen LogP contribution in [0.15, 0.2) is 28.7 Å². The Balaban J connectivity index is 1.52. The monoisotopic (exact) mass is 390 g/mol. The summed E-state index contributed by atoms with van der Waals surface area (Å²) in [6.45, 7) is 7.62. The van der Waals surface area contributed by atoms with E-state index in [0.717, 1.165) is 11.3 Å². The van der Waals surface area contributed by atoms with Gasteiger partial charge >= 0.3 is 5.97 Å². The quantitative estimate of drug-likeness (QED) is 0.749. The average Bonchev–Trinajstić information content (AvgIpc) is 2.91. The molecule has 2 heterocycles. The van der Waals surface area contributed by atoms with Crippen molar-refractivity contribution < 1.29 is 18.7 Å². The fourth-order valence-electron chi connectivity index (χ4n) is 3.27. The van der Waals surface area contributed by atoms with Gasteiger partial charge in [0, 0.05) is 42.5 Å². The number of hydrogen-bond donors (Lipinski definition) is 0. The number of anilines is 1. The maximum Gasteiger partial charge on any atom is 0.342 e. The summed E-state index contributed by atoms with van der Waals surface area (Å²) in [6, 6.07) is 7.67. The number of halogens is 1. The summed E-state index contributed by atoms with van der Waals surface area (Å²) in [5.41, 5.74) is 2.20. The van der Waals surface area contributed by atoms with Crippen LogP contribution in [-0.4, -0.2) is 49.6 Å². The Bertz CT molecular complexity index is 854. The first-order chi connectivity index (χ1) is 12.9. The number of hydrogen-bond acceptors (Lipinski definition) is 5. The molecule has 27 heavy (non-hydrogen) atoms. The van der Waals surface area contributed by atoms with Crippen molar-refractivity contribution in [1.29, 1.82) is 0 Å². The summed E-state index contributed by atoms with van der Waals surface area (Å²) < 4.78 is 10.7. The van der Waals surface area contributed by atoms with Crippen molar-refractivity contribution in [3.8, 4) is 0 Å². The number of esters is 1. The summed E-state index contributed by atoms with van der Waals surface area (Å²) in [5, 5.41) is 0.693. The Kier molecular flexibility index (Phi) is 5.75. The number of ether oxygens (including phenoxy) is 1. The lowest BCUT2D eigenvalue weighted by Gasteiger charge is -2.36. The highest BCUT2D eigenvalue weighted by atomic mass is 35.5. The standard InChI is InChI=1S/C20H23ClN2O4/c1-13-14(2)27-15(3)19(13)20(25)26-12-18(24)23-9-7-22(8-10-23)17-6-4-5-16(21)11-17/h4-6,11H,7-10,12H2,1-3H3. The molecule has 6 nitrogen and oxygen atoms in total. The van der Waals surface area contributed by atoms with Gasteiger partial charge in [0.15, 0.2) is 6.61 Å². The number of piperazine rings is 1. The Morgan fingerprint density at radius 1 is 1.11 bits per heavy atom. The van der Waals surface area contributed by atoms with Crippen LogP contribution in [0, 0.1) is 20.8 Å². The predicted molar refractivity (Wildman–Crippen MR) is 103 cm³/mol. The molecular weight excluding hydrogens is 368 g/mol. The maximum absolute atomic E-state index is 12.4. The zero-order valence-electron chi connectivity index (χ0n) is 15.8. The van der Waals surface area contributed by atoms with Gasteiger partial charge in [0.05, 0.1) is 0 Å². The van der Waals surface area contributed by atoms with Crippen LogP contribution in [0.5, 0.6) is 0 Å². The van der Waals surface area contributed by atoms with Gasteiger partial charge in [-0.3, -0.25) is 4.79 Å². The molecule has 1 aliphatic rings. The summed E-state index contributed by atoms with van der Waals surface area (Å²) in [4.78, 5) is 28.6. The largest absolute Gasteiger partial charge is 0.465 e. The van der Waals surface area contributed by atoms with Crippen molar-refractivity contribution in [2.75, 3.05) is 37.7 Å². The van der Waals surface area contributed by atoms with Gasteiger partial charge in [-0.2, -0.15) is 0 Å². The van der Waals surface area contributed by atoms with E-state index in [0.29, 0.717) is 48.3 Å². The van der Waals surface area contributed by atoms with Gasteiger partial charge < -0.3 is 19.0 Å². The SMILES string of the molecule is Cc1oc(C)c(C(=O)OCC(=O)N2CCN(c3cccc(Cl)c3)CC2)c1C. The van der Waals surface area contributed by atoms with E-state index in [-0.39, 0.29) is 12.5 Å². The molecule has 1 amide bonds. The van der Waals surface area contributed by atoms with Crippen LogP contribution in [0.3, 0.4) is 0 Å². The molecule has 7 heteroatoms. The number of carbonyl (C=O) groups is 2. The van der Waals surface area contributed by atoms with E-state index in [4.69, 9.17) is 20.8 Å². The van der Waals surface area contributed by atoms with Crippen LogP contribution in [0.25, 0.3) is 0 Å². The number of benzene rings is 1. The minimum Gasteiger partial charge on any atom is -0.465 e. The molecule has 0 N–H and O–H groups in total. The molecule has 2 aromatic rings. The number of aryl methyl sites for hydroxylation is 2. The van der Waals surface area contributed by atoms with Crippen LogP contribution in [-0.2, 0) is 9.53 Å². The van der Waals surface area contributed by atoms with E-state index >= 15 is 0 Å². The molecule has 144 valence electrons. The summed E-state index contributed by atoms with van der Waals surface area (Å²) >= 11 is 6.04. The molecule has 0 bridgehead atoms. The smallest absolute Gasteiger partial charge is 0.342 e. The van der Waals surface area contributed by atoms with Crippen LogP contribution in [0.4, 0.5) is 5.69 Å². The minimum atomic E-state index is -0.521. The minimum absolute atomic E-state index is 0.190. The topological polar surface area (TPSA) is 63.0 Å². The molecule has 1 aromatic heterocycles. The number of carbonyl (C=O) groups excluding carboxylic acids is 2. The van der Waals surface area contributed by atoms with Crippen molar-refractivity contribution in [3.63, 3.8) is 0 Å². The second kappa shape index (κ2) is 8.05. The fourth-order valence-corrected chi connectivity index (χ4v) is 3.46. The van der Waals surface area contributed by atoms with Crippen molar-refractivity contribution in [2.45, 2.75) is 20.8 Å². The van der Waals surface area contributed by atoms with Gasteiger partial charge in [-0.15, -0.1) is 0 Å². The first-order valence-electron chi connectivity index (χ1n) is 8.89. The van der Waals surface area contributed by atoms with Gasteiger partial charge in [-0.25, -0.2) is 4.79 Å². The molecule has 1 saturated heterocycles. The van der Waals surface area contributed by atoms with E-state index in [1.54, 1.807) is 25.7 Å². The third-order valence-electron chi connectivity index (χ3n) is 4.90. The lowest BCUT2D eigenvalue weighted by Crippen LogP contribution is -2.49. The number of amides is 1. The van der Waals surface area contributed by atoms with Gasteiger partial charge in [0.2, 0.25) is 0 Å². The molecule has 1 aliphatic heterocycles. The zero-order chi connectivity index (χ0) is 19.6. The summed E-state index contributed by atoms with van der Waals surface area (Å²) in [5.74, 6) is 0.484. The second-order valence-corrected chi connectivity index (χ2v) is 7.07. The van der Waals surface area contributed by atoms with Crippen LogP contribution in [0.2, 0.25) is 5.02 Å². The molecule has 0 unspecified atom stereocenters. The first-order valence-corrected chi connectivity index (χ1v) is 9.26. The molecule has 0 radical (unpaired) electrons. The average molecular weight is 391 g/mol. The Morgan fingerprint density at radius 2 is 1.81 bits per heavy atom. The van der Waals surface area contributed by atoms with E-state index < -0.39 is 5.97 Å². The van der Waals surface area contributed by atoms with Crippen molar-refractivity contribution in [3.05, 3.63) is 51.9 Å². The van der Waals surface area contributed by atoms with Gasteiger partial charge in [-0.1, -0.05) is 17.7 Å². The summed E-state index contributed by atoms with van der Waals surface area (Å²) in [6.07, 6.45) is 0. The van der Waals surface area contributed by atoms with Crippen LogP contribution in [0.1, 0.15) is 27.4 Å². The van der Waals surface area contributed by atoms with E-state index in [1.807, 2.05) is 24.3 Å². The normalized spacial score (nSPS) is 14.4. The first kappa shape index (κ1) is 19.3. The van der Waals surface area contributed by atoms with E-state index in [9.17, 15) is 9.59 Å². The van der Waals surface area contributed by atoms with Gasteiger partial charge in [0.25, 0.3) is 5.91 Å². The van der Waals surface area contributed by atoms with Crippen LogP contribution < -0.4 is 4.90 Å². The molecule has 1 aromatic carbocycles. The van der Waals surface area contributed by atoms with Crippen molar-refractivity contribution in [2.24, 2.45) is 0 Å². The number of nitrogens with zero attached hydrogens (tertiary/aromatic N) is 2. The lowest BCUT2D eigenvalue weighted by molar-refractivity contribution is -0.134. The molecule has 0 saturated carbocycles. The third kappa shape index (κ3) is 4.27. The fraction of sp³-hybridized carbons (Fsp3) is 0.400. The second-order valence-electron chi connectivity index (χ2n) is 6.64. The Labute approximate surface area is 163 Å².